The zero-order valence-electron chi connectivity index (χ0n) is 10.4. The summed E-state index contributed by atoms with van der Waals surface area (Å²) in [5.74, 6) is -0.424. The Morgan fingerprint density at radius 1 is 1.53 bits per heavy atom. The largest absolute Gasteiger partial charge is 0.396 e. The van der Waals surface area contributed by atoms with Crippen molar-refractivity contribution in [2.75, 3.05) is 11.1 Å². The van der Waals surface area contributed by atoms with Crippen LogP contribution < -0.4 is 11.1 Å². The number of rotatable bonds is 3. The van der Waals surface area contributed by atoms with E-state index in [1.807, 2.05) is 13.0 Å². The minimum atomic E-state index is -0.424. The van der Waals surface area contributed by atoms with Crippen LogP contribution in [0.1, 0.15) is 23.0 Å². The molecule has 0 atom stereocenters. The maximum atomic E-state index is 12.1. The molecule has 1 aromatic heterocycles. The Bertz CT molecular complexity index is 653. The molecule has 0 fully saturated rings. The summed E-state index contributed by atoms with van der Waals surface area (Å²) >= 11 is 0. The van der Waals surface area contributed by atoms with Gasteiger partial charge in [-0.25, -0.2) is 0 Å². The predicted molar refractivity (Wildman–Crippen MR) is 71.4 cm³/mol. The first-order valence-electron chi connectivity index (χ1n) is 5.79. The van der Waals surface area contributed by atoms with Crippen molar-refractivity contribution >= 4 is 17.3 Å². The number of para-hydroxylation sites is 1. The highest BCUT2D eigenvalue weighted by atomic mass is 16.2. The lowest BCUT2D eigenvalue weighted by molar-refractivity contribution is 0.102. The van der Waals surface area contributed by atoms with E-state index in [2.05, 4.69) is 10.4 Å². The average Bonchev–Trinajstić information content (AvgIpc) is 2.80. The molecule has 19 heavy (non-hydrogen) atoms. The van der Waals surface area contributed by atoms with Gasteiger partial charge in [0.15, 0.2) is 5.69 Å². The van der Waals surface area contributed by atoms with Crippen molar-refractivity contribution in [1.82, 2.24) is 9.78 Å². The number of carbonyl (C=O) groups is 1. The van der Waals surface area contributed by atoms with Gasteiger partial charge in [0.25, 0.3) is 5.91 Å². The average molecular weight is 255 g/mol. The molecular formula is C13H13N5O. The monoisotopic (exact) mass is 255 g/mol. The van der Waals surface area contributed by atoms with E-state index in [1.54, 1.807) is 35.1 Å². The third kappa shape index (κ3) is 2.55. The molecular weight excluding hydrogens is 242 g/mol. The number of nitrogens with one attached hydrogen (secondary N) is 1. The molecule has 1 heterocycles. The van der Waals surface area contributed by atoms with Gasteiger partial charge >= 0.3 is 0 Å². The minimum absolute atomic E-state index is 0.162. The van der Waals surface area contributed by atoms with E-state index in [4.69, 9.17) is 11.0 Å². The summed E-state index contributed by atoms with van der Waals surface area (Å²) < 4.78 is 1.58. The van der Waals surface area contributed by atoms with Gasteiger partial charge in [0, 0.05) is 12.7 Å². The lowest BCUT2D eigenvalue weighted by Crippen LogP contribution is -2.15. The second kappa shape index (κ2) is 5.23. The molecule has 6 heteroatoms. The predicted octanol–water partition coefficient (Wildman–Crippen LogP) is 1.61. The third-order valence-electron chi connectivity index (χ3n) is 2.62. The number of aryl methyl sites for hydroxylation is 1. The van der Waals surface area contributed by atoms with Crippen LogP contribution in [0.4, 0.5) is 11.4 Å². The maximum absolute atomic E-state index is 12.1. The molecule has 0 saturated heterocycles. The molecule has 6 nitrogen and oxygen atoms in total. The molecule has 1 aromatic carbocycles. The molecule has 0 unspecified atom stereocenters. The Balaban J connectivity index is 2.26. The molecule has 0 aliphatic rings. The van der Waals surface area contributed by atoms with E-state index in [9.17, 15) is 4.79 Å². The fourth-order valence-corrected chi connectivity index (χ4v) is 1.65. The summed E-state index contributed by atoms with van der Waals surface area (Å²) in [6, 6.07) is 8.77. The van der Waals surface area contributed by atoms with Crippen molar-refractivity contribution in [3.05, 3.63) is 41.7 Å². The number of anilines is 2. The van der Waals surface area contributed by atoms with Crippen molar-refractivity contribution in [1.29, 1.82) is 5.26 Å². The van der Waals surface area contributed by atoms with Crippen molar-refractivity contribution < 1.29 is 4.79 Å². The lowest BCUT2D eigenvalue weighted by Gasteiger charge is -2.05. The summed E-state index contributed by atoms with van der Waals surface area (Å²) in [7, 11) is 0. The Labute approximate surface area is 110 Å². The van der Waals surface area contributed by atoms with Crippen molar-refractivity contribution in [2.45, 2.75) is 13.5 Å². The Morgan fingerprint density at radius 3 is 2.89 bits per heavy atom. The van der Waals surface area contributed by atoms with Crippen molar-refractivity contribution in [2.24, 2.45) is 0 Å². The summed E-state index contributed by atoms with van der Waals surface area (Å²) in [6.45, 7) is 2.53. The van der Waals surface area contributed by atoms with Crippen LogP contribution in [0.5, 0.6) is 0 Å². The van der Waals surface area contributed by atoms with Crippen LogP contribution in [0.3, 0.4) is 0 Å². The molecule has 1 amide bonds. The molecule has 0 radical (unpaired) electrons. The van der Waals surface area contributed by atoms with Gasteiger partial charge in [-0.3, -0.25) is 9.48 Å². The van der Waals surface area contributed by atoms with Gasteiger partial charge in [0.1, 0.15) is 6.07 Å². The van der Waals surface area contributed by atoms with Crippen LogP contribution >= 0.6 is 0 Å². The lowest BCUT2D eigenvalue weighted by atomic mass is 10.2. The van der Waals surface area contributed by atoms with Crippen LogP contribution in [-0.2, 0) is 6.54 Å². The molecule has 96 valence electrons. The Hall–Kier alpha value is -2.81. The number of nitriles is 1. The van der Waals surface area contributed by atoms with Crippen LogP contribution in [0.2, 0.25) is 0 Å². The molecule has 2 aromatic rings. The number of benzene rings is 1. The van der Waals surface area contributed by atoms with E-state index in [1.165, 1.54) is 0 Å². The quantitative estimate of drug-likeness (QED) is 0.870. The second-order valence-corrected chi connectivity index (χ2v) is 3.90. The highest BCUT2D eigenvalue weighted by Gasteiger charge is 2.15. The van der Waals surface area contributed by atoms with Gasteiger partial charge in [0.05, 0.1) is 16.9 Å². The highest BCUT2D eigenvalue weighted by molar-refractivity contribution is 6.06. The van der Waals surface area contributed by atoms with Gasteiger partial charge in [0.2, 0.25) is 0 Å². The van der Waals surface area contributed by atoms with Gasteiger partial charge in [-0.1, -0.05) is 12.1 Å². The molecule has 2 rings (SSSR count). The van der Waals surface area contributed by atoms with Crippen LogP contribution in [0.15, 0.2) is 30.5 Å². The molecule has 0 aliphatic heterocycles. The summed E-state index contributed by atoms with van der Waals surface area (Å²) in [5.41, 5.74) is 7.05. The number of aromatic nitrogens is 2. The summed E-state index contributed by atoms with van der Waals surface area (Å²) in [4.78, 5) is 12.1. The summed E-state index contributed by atoms with van der Waals surface area (Å²) in [6.07, 6.45) is 1.60. The summed E-state index contributed by atoms with van der Waals surface area (Å²) in [5, 5.41) is 15.7. The van der Waals surface area contributed by atoms with E-state index in [0.717, 1.165) is 0 Å². The van der Waals surface area contributed by atoms with E-state index in [0.29, 0.717) is 23.5 Å². The smallest absolute Gasteiger partial charge is 0.278 e. The first-order chi connectivity index (χ1) is 9.15. The Kier molecular flexibility index (Phi) is 3.48. The zero-order valence-corrected chi connectivity index (χ0v) is 10.4. The van der Waals surface area contributed by atoms with Crippen molar-refractivity contribution in [3.63, 3.8) is 0 Å². The van der Waals surface area contributed by atoms with Crippen molar-refractivity contribution in [3.8, 4) is 6.07 Å². The van der Waals surface area contributed by atoms with Gasteiger partial charge < -0.3 is 11.1 Å². The number of amides is 1. The number of hydrogen-bond acceptors (Lipinski definition) is 4. The third-order valence-corrected chi connectivity index (χ3v) is 2.62. The highest BCUT2D eigenvalue weighted by Crippen LogP contribution is 2.16. The van der Waals surface area contributed by atoms with Crippen LogP contribution in [0.25, 0.3) is 0 Å². The van der Waals surface area contributed by atoms with Gasteiger partial charge in [-0.15, -0.1) is 0 Å². The minimum Gasteiger partial charge on any atom is -0.396 e. The van der Waals surface area contributed by atoms with E-state index >= 15 is 0 Å². The number of carbonyl (C=O) groups excluding carboxylic acids is 1. The molecule has 3 N–H and O–H groups in total. The zero-order chi connectivity index (χ0) is 13.8. The van der Waals surface area contributed by atoms with E-state index in [-0.39, 0.29) is 5.69 Å². The normalized spacial score (nSPS) is 9.89. The van der Waals surface area contributed by atoms with Crippen LogP contribution in [-0.4, -0.2) is 15.7 Å². The molecule has 0 aliphatic carbocycles. The Morgan fingerprint density at radius 2 is 2.26 bits per heavy atom. The number of nitrogen functional groups attached to an aromatic ring is 1. The fourth-order valence-electron chi connectivity index (χ4n) is 1.65. The van der Waals surface area contributed by atoms with Gasteiger partial charge in [-0.05, 0) is 19.1 Å². The van der Waals surface area contributed by atoms with E-state index < -0.39 is 5.91 Å². The first-order valence-corrected chi connectivity index (χ1v) is 5.79. The number of nitrogens with two attached hydrogens (primary N) is 1. The fraction of sp³-hybridized carbons (Fsp3) is 0.154. The van der Waals surface area contributed by atoms with Crippen LogP contribution in [0, 0.1) is 11.3 Å². The molecule has 0 spiro atoms. The maximum Gasteiger partial charge on any atom is 0.278 e. The second-order valence-electron chi connectivity index (χ2n) is 3.90. The van der Waals surface area contributed by atoms with Gasteiger partial charge in [-0.2, -0.15) is 10.4 Å². The topological polar surface area (TPSA) is 96.7 Å². The molecule has 0 bridgehead atoms. The standard InChI is InChI=1S/C13H13N5O/c1-2-18-8-10(15)12(17-18)13(19)16-11-6-4-3-5-9(11)7-14/h3-6,8H,2,15H2,1H3,(H,16,19). The SMILES string of the molecule is CCn1cc(N)c(C(=O)Nc2ccccc2C#N)n1. The first kappa shape index (κ1) is 12.6. The number of hydrogen-bond donors (Lipinski definition) is 2. The number of nitrogens with zero attached hydrogens (tertiary/aromatic N) is 3. The molecule has 0 saturated carbocycles.